The molecule has 8 heteroatoms. The van der Waals surface area contributed by atoms with E-state index in [-0.39, 0.29) is 4.90 Å². The lowest BCUT2D eigenvalue weighted by molar-refractivity contribution is -0.123. The van der Waals surface area contributed by atoms with Crippen LogP contribution in [0.5, 0.6) is 0 Å². The van der Waals surface area contributed by atoms with Crippen molar-refractivity contribution in [3.05, 3.63) is 28.2 Å². The average Bonchev–Trinajstić information content (AvgIpc) is 2.21. The van der Waals surface area contributed by atoms with Crippen molar-refractivity contribution in [2.45, 2.75) is 11.8 Å². The predicted molar refractivity (Wildman–Crippen MR) is 64.3 cm³/mol. The minimum Gasteiger partial charge on any atom is -0.368 e. The predicted octanol–water partition coefficient (Wildman–Crippen LogP) is 0.453. The van der Waals surface area contributed by atoms with Crippen molar-refractivity contribution in [3.8, 4) is 0 Å². The van der Waals surface area contributed by atoms with Crippen LogP contribution >= 0.6 is 15.9 Å². The van der Waals surface area contributed by atoms with Gasteiger partial charge in [-0.05, 0) is 30.7 Å². The molecule has 0 unspecified atom stereocenters. The molecule has 1 rings (SSSR count). The van der Waals surface area contributed by atoms with Crippen LogP contribution in [0.1, 0.15) is 5.56 Å². The third-order valence-electron chi connectivity index (χ3n) is 1.82. The molecule has 6 nitrogen and oxygen atoms in total. The minimum atomic E-state index is -3.80. The van der Waals surface area contributed by atoms with Crippen LogP contribution in [-0.4, -0.2) is 20.9 Å². The minimum absolute atomic E-state index is 0.0441. The summed E-state index contributed by atoms with van der Waals surface area (Å²) in [5.74, 6) is -0.764. The summed E-state index contributed by atoms with van der Waals surface area (Å²) >= 11 is 3.26. The zero-order chi connectivity index (χ0) is 13.1. The Balaban J connectivity index is 2.82. The molecular formula is C9H11BrN2O4S. The first-order chi connectivity index (χ1) is 7.83. The van der Waals surface area contributed by atoms with Crippen LogP contribution in [0.4, 0.5) is 0 Å². The number of benzene rings is 1. The second-order valence-corrected chi connectivity index (χ2v) is 5.75. The summed E-state index contributed by atoms with van der Waals surface area (Å²) in [6.45, 7) is 1.24. The number of rotatable bonds is 5. The van der Waals surface area contributed by atoms with E-state index in [1.54, 1.807) is 13.0 Å². The average molecular weight is 323 g/mol. The third kappa shape index (κ3) is 4.08. The molecule has 0 spiro atoms. The first kappa shape index (κ1) is 14.1. The van der Waals surface area contributed by atoms with Crippen molar-refractivity contribution in [1.29, 1.82) is 0 Å². The number of halogens is 1. The third-order valence-corrected chi connectivity index (χ3v) is 3.92. The second-order valence-electron chi connectivity index (χ2n) is 3.25. The SMILES string of the molecule is Cc1cc(S(=O)(=O)NOCC(N)=O)ccc1Br. The van der Waals surface area contributed by atoms with E-state index in [1.165, 1.54) is 12.1 Å². The monoisotopic (exact) mass is 322 g/mol. The Labute approximate surface area is 107 Å². The van der Waals surface area contributed by atoms with Gasteiger partial charge < -0.3 is 5.73 Å². The number of carbonyl (C=O) groups is 1. The van der Waals surface area contributed by atoms with Crippen molar-refractivity contribution in [3.63, 3.8) is 0 Å². The Bertz CT molecular complexity index is 530. The Morgan fingerprint density at radius 1 is 1.53 bits per heavy atom. The van der Waals surface area contributed by atoms with Gasteiger partial charge in [-0.1, -0.05) is 20.8 Å². The Kier molecular flexibility index (Phi) is 4.63. The molecule has 0 saturated heterocycles. The fourth-order valence-electron chi connectivity index (χ4n) is 1.01. The Morgan fingerprint density at radius 2 is 2.18 bits per heavy atom. The van der Waals surface area contributed by atoms with E-state index in [9.17, 15) is 13.2 Å². The summed E-state index contributed by atoms with van der Waals surface area (Å²) in [6.07, 6.45) is 0. The zero-order valence-electron chi connectivity index (χ0n) is 8.94. The molecule has 0 aliphatic carbocycles. The molecular weight excluding hydrogens is 312 g/mol. The number of aryl methyl sites for hydroxylation is 1. The first-order valence-electron chi connectivity index (χ1n) is 4.51. The van der Waals surface area contributed by atoms with Crippen LogP contribution in [0, 0.1) is 6.92 Å². The summed E-state index contributed by atoms with van der Waals surface area (Å²) in [6, 6.07) is 4.49. The van der Waals surface area contributed by atoms with Crippen LogP contribution in [0.25, 0.3) is 0 Å². The number of amides is 1. The summed E-state index contributed by atoms with van der Waals surface area (Å²) in [5.41, 5.74) is 5.57. The number of nitrogens with one attached hydrogen (secondary N) is 1. The molecule has 17 heavy (non-hydrogen) atoms. The highest BCUT2D eigenvalue weighted by atomic mass is 79.9. The van der Waals surface area contributed by atoms with Crippen molar-refractivity contribution < 1.29 is 18.0 Å². The highest BCUT2D eigenvalue weighted by Gasteiger charge is 2.15. The highest BCUT2D eigenvalue weighted by molar-refractivity contribution is 9.10. The largest absolute Gasteiger partial charge is 0.368 e. The van der Waals surface area contributed by atoms with Gasteiger partial charge >= 0.3 is 0 Å². The van der Waals surface area contributed by atoms with Gasteiger partial charge in [0.2, 0.25) is 5.91 Å². The number of primary amides is 1. The van der Waals surface area contributed by atoms with E-state index < -0.39 is 22.5 Å². The fourth-order valence-corrected chi connectivity index (χ4v) is 2.15. The molecule has 0 bridgehead atoms. The van der Waals surface area contributed by atoms with Gasteiger partial charge in [0.15, 0.2) is 0 Å². The summed E-state index contributed by atoms with van der Waals surface area (Å²) in [7, 11) is -3.80. The molecule has 0 aromatic heterocycles. The molecule has 1 aromatic carbocycles. The van der Waals surface area contributed by atoms with E-state index >= 15 is 0 Å². The summed E-state index contributed by atoms with van der Waals surface area (Å²) < 4.78 is 24.1. The van der Waals surface area contributed by atoms with E-state index in [0.29, 0.717) is 0 Å². The maximum atomic E-state index is 11.7. The van der Waals surface area contributed by atoms with E-state index in [4.69, 9.17) is 5.73 Å². The quantitative estimate of drug-likeness (QED) is 0.769. The van der Waals surface area contributed by atoms with Gasteiger partial charge in [-0.25, -0.2) is 8.42 Å². The molecule has 0 fully saturated rings. The molecule has 94 valence electrons. The molecule has 3 N–H and O–H groups in total. The number of hydrogen-bond donors (Lipinski definition) is 2. The van der Waals surface area contributed by atoms with Crippen molar-refractivity contribution in [2.24, 2.45) is 5.73 Å². The van der Waals surface area contributed by atoms with Crippen molar-refractivity contribution in [1.82, 2.24) is 4.89 Å². The molecule has 0 aliphatic heterocycles. The van der Waals surface area contributed by atoms with Crippen LogP contribution < -0.4 is 10.6 Å². The van der Waals surface area contributed by atoms with Gasteiger partial charge in [0.1, 0.15) is 6.61 Å². The lowest BCUT2D eigenvalue weighted by Crippen LogP contribution is -2.29. The van der Waals surface area contributed by atoms with Gasteiger partial charge in [-0.3, -0.25) is 9.63 Å². The first-order valence-corrected chi connectivity index (χ1v) is 6.78. The van der Waals surface area contributed by atoms with Crippen molar-refractivity contribution in [2.75, 3.05) is 6.61 Å². The molecule has 0 aliphatic rings. The number of sulfonamides is 1. The summed E-state index contributed by atoms with van der Waals surface area (Å²) in [5, 5.41) is 0. The highest BCUT2D eigenvalue weighted by Crippen LogP contribution is 2.19. The van der Waals surface area contributed by atoms with Gasteiger partial charge in [-0.2, -0.15) is 0 Å². The second kappa shape index (κ2) is 5.58. The van der Waals surface area contributed by atoms with E-state index in [2.05, 4.69) is 20.8 Å². The molecule has 1 amide bonds. The lowest BCUT2D eigenvalue weighted by Gasteiger charge is -2.07. The molecule has 0 atom stereocenters. The standard InChI is InChI=1S/C9H11BrN2O4S/c1-6-4-7(2-3-8(6)10)17(14,15)12-16-5-9(11)13/h2-4,12H,5H2,1H3,(H2,11,13). The normalized spacial score (nSPS) is 11.4. The van der Waals surface area contributed by atoms with Crippen LogP contribution in [0.3, 0.4) is 0 Å². The number of nitrogens with two attached hydrogens (primary N) is 1. The number of hydrogen-bond acceptors (Lipinski definition) is 4. The van der Waals surface area contributed by atoms with Crippen molar-refractivity contribution >= 4 is 31.9 Å². The molecule has 0 radical (unpaired) electrons. The fraction of sp³-hybridized carbons (Fsp3) is 0.222. The smallest absolute Gasteiger partial charge is 0.262 e. The van der Waals surface area contributed by atoms with Gasteiger partial charge in [0.25, 0.3) is 10.0 Å². The maximum absolute atomic E-state index is 11.7. The zero-order valence-corrected chi connectivity index (χ0v) is 11.3. The van der Waals surface area contributed by atoms with Crippen LogP contribution in [0.2, 0.25) is 0 Å². The molecule has 1 aromatic rings. The van der Waals surface area contributed by atoms with E-state index in [1.807, 2.05) is 4.89 Å². The van der Waals surface area contributed by atoms with Gasteiger partial charge in [0.05, 0.1) is 4.90 Å². The maximum Gasteiger partial charge on any atom is 0.262 e. The van der Waals surface area contributed by atoms with E-state index in [0.717, 1.165) is 10.0 Å². The number of carbonyl (C=O) groups excluding carboxylic acids is 1. The summed E-state index contributed by atoms with van der Waals surface area (Å²) in [4.78, 5) is 16.7. The molecule has 0 saturated carbocycles. The van der Waals surface area contributed by atoms with Crippen LogP contribution in [0.15, 0.2) is 27.6 Å². The lowest BCUT2D eigenvalue weighted by atomic mass is 10.2. The van der Waals surface area contributed by atoms with Crippen LogP contribution in [-0.2, 0) is 19.7 Å². The molecule has 0 heterocycles. The topological polar surface area (TPSA) is 98.5 Å². The van der Waals surface area contributed by atoms with Gasteiger partial charge in [-0.15, -0.1) is 0 Å². The Morgan fingerprint density at radius 3 is 2.71 bits per heavy atom. The Hall–Kier alpha value is -0.960. The van der Waals surface area contributed by atoms with Gasteiger partial charge in [0, 0.05) is 4.47 Å².